The maximum atomic E-state index is 4.42. The van der Waals surface area contributed by atoms with Gasteiger partial charge in [0.2, 0.25) is 0 Å². The largest absolute Gasteiger partial charge is 0.352 e. The third-order valence-corrected chi connectivity index (χ3v) is 6.23. The lowest BCUT2D eigenvalue weighted by Gasteiger charge is -2.24. The van der Waals surface area contributed by atoms with Gasteiger partial charge in [0.05, 0.1) is 6.54 Å². The highest BCUT2D eigenvalue weighted by Gasteiger charge is 2.30. The van der Waals surface area contributed by atoms with Crippen LogP contribution in [0.3, 0.4) is 0 Å². The second-order valence-corrected chi connectivity index (χ2v) is 7.98. The van der Waals surface area contributed by atoms with Crippen LogP contribution in [0, 0.1) is 0 Å². The van der Waals surface area contributed by atoms with Gasteiger partial charge < -0.3 is 15.2 Å². The minimum atomic E-state index is 0.498. The minimum absolute atomic E-state index is 0.498. The van der Waals surface area contributed by atoms with Gasteiger partial charge in [0, 0.05) is 45.2 Å². The van der Waals surface area contributed by atoms with Crippen molar-refractivity contribution in [2.24, 2.45) is 4.99 Å². The molecule has 4 rings (SSSR count). The SMILES string of the molecule is CN=C(NCc1nnc2n1CCCCC2)NC1CCN(C2CCCC2)C1. The van der Waals surface area contributed by atoms with Crippen molar-refractivity contribution in [2.75, 3.05) is 20.1 Å². The molecule has 7 heteroatoms. The summed E-state index contributed by atoms with van der Waals surface area (Å²) >= 11 is 0. The van der Waals surface area contributed by atoms with Gasteiger partial charge in [-0.15, -0.1) is 10.2 Å². The Morgan fingerprint density at radius 1 is 1.08 bits per heavy atom. The quantitative estimate of drug-likeness (QED) is 0.632. The summed E-state index contributed by atoms with van der Waals surface area (Å²) in [7, 11) is 1.85. The summed E-state index contributed by atoms with van der Waals surface area (Å²) < 4.78 is 2.30. The number of aliphatic imine (C=N–C) groups is 1. The molecule has 1 aliphatic carbocycles. The number of aryl methyl sites for hydroxylation is 1. The number of nitrogens with zero attached hydrogens (tertiary/aromatic N) is 5. The normalized spacial score (nSPS) is 25.3. The van der Waals surface area contributed by atoms with E-state index in [2.05, 4.69) is 35.3 Å². The van der Waals surface area contributed by atoms with Crippen molar-refractivity contribution in [1.29, 1.82) is 0 Å². The molecule has 2 fully saturated rings. The molecule has 0 radical (unpaired) electrons. The first kappa shape index (κ1) is 17.8. The summed E-state index contributed by atoms with van der Waals surface area (Å²) in [5.41, 5.74) is 0. The molecule has 1 unspecified atom stereocenters. The molecule has 2 aliphatic heterocycles. The van der Waals surface area contributed by atoms with Gasteiger partial charge >= 0.3 is 0 Å². The van der Waals surface area contributed by atoms with Gasteiger partial charge in [-0.1, -0.05) is 19.3 Å². The van der Waals surface area contributed by atoms with Crippen molar-refractivity contribution in [3.63, 3.8) is 0 Å². The van der Waals surface area contributed by atoms with Gasteiger partial charge in [-0.25, -0.2) is 0 Å². The molecule has 0 bridgehead atoms. The van der Waals surface area contributed by atoms with Crippen molar-refractivity contribution in [3.05, 3.63) is 11.6 Å². The Hall–Kier alpha value is -1.63. The van der Waals surface area contributed by atoms with Crippen LogP contribution in [0.4, 0.5) is 0 Å². The third kappa shape index (κ3) is 4.03. The molecule has 144 valence electrons. The lowest BCUT2D eigenvalue weighted by Crippen LogP contribution is -2.45. The summed E-state index contributed by atoms with van der Waals surface area (Å²) in [5.74, 6) is 3.06. The lowest BCUT2D eigenvalue weighted by molar-refractivity contribution is 0.242. The van der Waals surface area contributed by atoms with Gasteiger partial charge in [0.15, 0.2) is 11.8 Å². The summed E-state index contributed by atoms with van der Waals surface area (Å²) in [6.07, 6.45) is 11.6. The zero-order valence-corrected chi connectivity index (χ0v) is 16.1. The molecular formula is C19H33N7. The zero-order valence-electron chi connectivity index (χ0n) is 16.1. The molecule has 3 heterocycles. The molecule has 7 nitrogen and oxygen atoms in total. The molecule has 1 saturated carbocycles. The maximum absolute atomic E-state index is 4.42. The van der Waals surface area contributed by atoms with Crippen LogP contribution in [-0.4, -0.2) is 57.8 Å². The number of guanidine groups is 1. The van der Waals surface area contributed by atoms with Gasteiger partial charge in [0.25, 0.3) is 0 Å². The Morgan fingerprint density at radius 2 is 1.96 bits per heavy atom. The Morgan fingerprint density at radius 3 is 2.81 bits per heavy atom. The molecule has 0 aromatic carbocycles. The molecule has 0 amide bonds. The number of likely N-dealkylation sites (tertiary alicyclic amines) is 1. The van der Waals surface area contributed by atoms with E-state index < -0.39 is 0 Å². The summed E-state index contributed by atoms with van der Waals surface area (Å²) in [4.78, 5) is 7.10. The average Bonchev–Trinajstić information content (AvgIpc) is 3.38. The van der Waals surface area contributed by atoms with E-state index >= 15 is 0 Å². The topological polar surface area (TPSA) is 70.4 Å². The standard InChI is InChI=1S/C19H33N7/c1-20-19(22-15-10-12-25(14-15)16-7-4-5-8-16)21-13-18-24-23-17-9-3-2-6-11-26(17)18/h15-16H,2-14H2,1H3,(H2,20,21,22). The van der Waals surface area contributed by atoms with Crippen LogP contribution >= 0.6 is 0 Å². The molecule has 2 N–H and O–H groups in total. The first-order valence-corrected chi connectivity index (χ1v) is 10.5. The van der Waals surface area contributed by atoms with E-state index in [-0.39, 0.29) is 0 Å². The second-order valence-electron chi connectivity index (χ2n) is 7.98. The van der Waals surface area contributed by atoms with Gasteiger partial charge in [-0.05, 0) is 32.1 Å². The molecule has 1 aromatic heterocycles. The lowest BCUT2D eigenvalue weighted by atomic mass is 10.2. The van der Waals surface area contributed by atoms with Crippen LogP contribution < -0.4 is 10.6 Å². The van der Waals surface area contributed by atoms with Gasteiger partial charge in [-0.2, -0.15) is 0 Å². The first-order chi connectivity index (χ1) is 12.8. The van der Waals surface area contributed by atoms with Crippen LogP contribution in [-0.2, 0) is 19.5 Å². The van der Waals surface area contributed by atoms with E-state index in [1.165, 1.54) is 57.9 Å². The number of aromatic nitrogens is 3. The van der Waals surface area contributed by atoms with E-state index in [9.17, 15) is 0 Å². The Labute approximate surface area is 156 Å². The number of hydrogen-bond donors (Lipinski definition) is 2. The van der Waals surface area contributed by atoms with Crippen LogP contribution in [0.25, 0.3) is 0 Å². The predicted octanol–water partition coefficient (Wildman–Crippen LogP) is 1.69. The molecule has 1 aromatic rings. The monoisotopic (exact) mass is 359 g/mol. The predicted molar refractivity (Wildman–Crippen MR) is 103 cm³/mol. The fourth-order valence-electron chi connectivity index (χ4n) is 4.73. The number of rotatable bonds is 4. The van der Waals surface area contributed by atoms with Crippen LogP contribution in [0.2, 0.25) is 0 Å². The van der Waals surface area contributed by atoms with Crippen molar-refractivity contribution in [2.45, 2.75) is 83.0 Å². The summed E-state index contributed by atoms with van der Waals surface area (Å²) in [6, 6.07) is 1.32. The summed E-state index contributed by atoms with van der Waals surface area (Å²) in [6.45, 7) is 4.10. The van der Waals surface area contributed by atoms with Crippen LogP contribution in [0.1, 0.15) is 63.0 Å². The minimum Gasteiger partial charge on any atom is -0.352 e. The Bertz CT molecular complexity index is 617. The average molecular weight is 360 g/mol. The molecule has 1 atom stereocenters. The van der Waals surface area contributed by atoms with E-state index in [4.69, 9.17) is 0 Å². The first-order valence-electron chi connectivity index (χ1n) is 10.5. The van der Waals surface area contributed by atoms with Crippen molar-refractivity contribution >= 4 is 5.96 Å². The fourth-order valence-corrected chi connectivity index (χ4v) is 4.73. The highest BCUT2D eigenvalue weighted by atomic mass is 15.3. The van der Waals surface area contributed by atoms with E-state index in [1.54, 1.807) is 0 Å². The molecule has 3 aliphatic rings. The van der Waals surface area contributed by atoms with E-state index in [0.717, 1.165) is 43.2 Å². The molecule has 1 saturated heterocycles. The zero-order chi connectivity index (χ0) is 17.8. The van der Waals surface area contributed by atoms with Crippen molar-refractivity contribution in [1.82, 2.24) is 30.3 Å². The maximum Gasteiger partial charge on any atom is 0.191 e. The molecule has 26 heavy (non-hydrogen) atoms. The second kappa shape index (κ2) is 8.37. The molecule has 0 spiro atoms. The summed E-state index contributed by atoms with van der Waals surface area (Å²) in [5, 5.41) is 15.8. The van der Waals surface area contributed by atoms with Crippen molar-refractivity contribution in [3.8, 4) is 0 Å². The highest BCUT2D eigenvalue weighted by Crippen LogP contribution is 2.26. The number of nitrogens with one attached hydrogen (secondary N) is 2. The van der Waals surface area contributed by atoms with E-state index in [0.29, 0.717) is 12.6 Å². The molecular weight excluding hydrogens is 326 g/mol. The van der Waals surface area contributed by atoms with Gasteiger partial charge in [0.1, 0.15) is 5.82 Å². The smallest absolute Gasteiger partial charge is 0.191 e. The van der Waals surface area contributed by atoms with Crippen LogP contribution in [0.15, 0.2) is 4.99 Å². The van der Waals surface area contributed by atoms with Crippen molar-refractivity contribution < 1.29 is 0 Å². The van der Waals surface area contributed by atoms with E-state index in [1.807, 2.05) is 7.05 Å². The van der Waals surface area contributed by atoms with Crippen LogP contribution in [0.5, 0.6) is 0 Å². The highest BCUT2D eigenvalue weighted by molar-refractivity contribution is 5.79. The number of hydrogen-bond acceptors (Lipinski definition) is 4. The Kier molecular flexibility index (Phi) is 5.72. The third-order valence-electron chi connectivity index (χ3n) is 6.23. The fraction of sp³-hybridized carbons (Fsp3) is 0.842. The number of fused-ring (bicyclic) bond motifs is 1. The Balaban J connectivity index is 1.28. The van der Waals surface area contributed by atoms with Gasteiger partial charge in [-0.3, -0.25) is 9.89 Å².